The number of aromatic nitrogens is 4. The van der Waals surface area contributed by atoms with E-state index in [9.17, 15) is 5.26 Å². The van der Waals surface area contributed by atoms with Crippen LogP contribution >= 0.6 is 0 Å². The first-order valence-corrected chi connectivity index (χ1v) is 6.71. The molecule has 0 aliphatic carbocycles. The van der Waals surface area contributed by atoms with Gasteiger partial charge in [-0.25, -0.2) is 36.5 Å². The van der Waals surface area contributed by atoms with Crippen LogP contribution in [0, 0.1) is 29.2 Å². The summed E-state index contributed by atoms with van der Waals surface area (Å²) in [6.45, 7) is 6.90. The third-order valence-electron chi connectivity index (χ3n) is 2.98. The lowest BCUT2D eigenvalue weighted by Crippen LogP contribution is -2.27. The van der Waals surface area contributed by atoms with Gasteiger partial charge in [-0.3, -0.25) is 0 Å². The third kappa shape index (κ3) is 2.80. The zero-order valence-corrected chi connectivity index (χ0v) is 12.2. The minimum absolute atomic E-state index is 0.0437. The molecule has 112 valence electrons. The Balaban J connectivity index is 2.18. The molecule has 2 aromatic heterocycles. The summed E-state index contributed by atoms with van der Waals surface area (Å²) in [6.07, 6.45) is 3.01. The lowest BCUT2D eigenvalue weighted by molar-refractivity contribution is 0.928. The van der Waals surface area contributed by atoms with Gasteiger partial charge in [0.2, 0.25) is 5.82 Å². The molecule has 0 spiro atoms. The number of rotatable bonds is 3. The average molecular weight is 313 g/mol. The van der Waals surface area contributed by atoms with Gasteiger partial charge in [-0.1, -0.05) is 0 Å². The molecular formula is C15H7N9. The maximum atomic E-state index is 9.51. The molecule has 0 saturated heterocycles. The van der Waals surface area contributed by atoms with E-state index in [-0.39, 0.29) is 35.9 Å². The van der Waals surface area contributed by atoms with Gasteiger partial charge < -0.3 is 4.85 Å². The highest BCUT2D eigenvalue weighted by Crippen LogP contribution is 2.20. The van der Waals surface area contributed by atoms with Gasteiger partial charge in [0.15, 0.2) is 16.8 Å². The summed E-state index contributed by atoms with van der Waals surface area (Å²) in [6, 6.07) is 5.53. The second-order valence-electron chi connectivity index (χ2n) is 4.55. The second kappa shape index (κ2) is 6.39. The van der Waals surface area contributed by atoms with Gasteiger partial charge >= 0.3 is 0 Å². The summed E-state index contributed by atoms with van der Waals surface area (Å²) in [4.78, 5) is 28.0. The normalized spacial score (nSPS) is 11.3. The Morgan fingerprint density at radius 2 is 1.83 bits per heavy atom. The number of nitriles is 2. The minimum Gasteiger partial charge on any atom is -0.308 e. The van der Waals surface area contributed by atoms with Crippen LogP contribution in [0.5, 0.6) is 0 Å². The number of hydrogen-bond acceptors (Lipinski definition) is 8. The van der Waals surface area contributed by atoms with Crippen molar-refractivity contribution in [3.05, 3.63) is 63.9 Å². The SMILES string of the molecule is [C-]#[N+]Cc1nc(CC#N)cc(C(C#N)=C2N=c3nccnc3=N2)n1. The minimum atomic E-state index is -0.0437. The van der Waals surface area contributed by atoms with Crippen molar-refractivity contribution in [2.45, 2.75) is 13.0 Å². The van der Waals surface area contributed by atoms with Crippen molar-refractivity contribution in [3.8, 4) is 12.1 Å². The maximum Gasteiger partial charge on any atom is 0.273 e. The van der Waals surface area contributed by atoms with Crippen LogP contribution in [-0.4, -0.2) is 19.9 Å². The van der Waals surface area contributed by atoms with Crippen molar-refractivity contribution in [2.75, 3.05) is 0 Å². The number of allylic oxidation sites excluding steroid dienone is 1. The van der Waals surface area contributed by atoms with E-state index in [1.807, 2.05) is 12.1 Å². The van der Waals surface area contributed by atoms with Gasteiger partial charge in [-0.15, -0.1) is 0 Å². The monoisotopic (exact) mass is 313 g/mol. The standard InChI is InChI=1S/C15H7N9/c1-18-8-12-21-9(2-3-16)6-11(22-12)10(7-17)13-23-14-15(24-13)20-5-4-19-14/h4-6H,2,8H2. The first-order valence-electron chi connectivity index (χ1n) is 6.71. The van der Waals surface area contributed by atoms with Gasteiger partial charge in [-0.2, -0.15) is 10.5 Å². The topological polar surface area (TPSA) is 128 Å². The van der Waals surface area contributed by atoms with Crippen LogP contribution in [0.15, 0.2) is 34.3 Å². The van der Waals surface area contributed by atoms with E-state index >= 15 is 0 Å². The molecule has 1 aliphatic heterocycles. The highest BCUT2D eigenvalue weighted by Gasteiger charge is 2.17. The summed E-state index contributed by atoms with van der Waals surface area (Å²) in [7, 11) is 0. The van der Waals surface area contributed by atoms with E-state index in [2.05, 4.69) is 34.8 Å². The quantitative estimate of drug-likeness (QED) is 0.574. The van der Waals surface area contributed by atoms with E-state index in [1.54, 1.807) is 0 Å². The molecule has 3 heterocycles. The molecule has 2 aromatic rings. The molecule has 24 heavy (non-hydrogen) atoms. The molecule has 9 nitrogen and oxygen atoms in total. The summed E-state index contributed by atoms with van der Waals surface area (Å²) in [5, 5.41) is 18.4. The fraction of sp³-hybridized carbons (Fsp3) is 0.133. The Hall–Kier alpha value is -4.03. The maximum absolute atomic E-state index is 9.51. The zero-order chi connectivity index (χ0) is 16.9. The van der Waals surface area contributed by atoms with Crippen LogP contribution < -0.4 is 11.0 Å². The summed E-state index contributed by atoms with van der Waals surface area (Å²) in [5.74, 6) is 0.391. The van der Waals surface area contributed by atoms with Crippen LogP contribution in [0.1, 0.15) is 17.2 Å². The lowest BCUT2D eigenvalue weighted by Gasteiger charge is -2.03. The van der Waals surface area contributed by atoms with Gasteiger partial charge in [0.1, 0.15) is 11.6 Å². The molecule has 3 rings (SSSR count). The molecule has 0 saturated carbocycles. The van der Waals surface area contributed by atoms with Gasteiger partial charge in [-0.05, 0) is 6.07 Å². The molecule has 9 heteroatoms. The number of nitrogens with zero attached hydrogens (tertiary/aromatic N) is 9. The zero-order valence-electron chi connectivity index (χ0n) is 12.2. The number of fused-ring (bicyclic) bond motifs is 1. The van der Waals surface area contributed by atoms with E-state index in [0.717, 1.165) is 0 Å². The van der Waals surface area contributed by atoms with E-state index in [4.69, 9.17) is 11.8 Å². The van der Waals surface area contributed by atoms with E-state index in [0.29, 0.717) is 16.7 Å². The third-order valence-corrected chi connectivity index (χ3v) is 2.98. The van der Waals surface area contributed by atoms with Crippen LogP contribution in [0.2, 0.25) is 0 Å². The van der Waals surface area contributed by atoms with Gasteiger partial charge in [0.05, 0.1) is 23.9 Å². The van der Waals surface area contributed by atoms with Crippen molar-refractivity contribution in [1.29, 1.82) is 10.5 Å². The Labute approximate surface area is 135 Å². The second-order valence-corrected chi connectivity index (χ2v) is 4.55. The van der Waals surface area contributed by atoms with Crippen LogP contribution in [-0.2, 0) is 13.0 Å². The van der Waals surface area contributed by atoms with E-state index < -0.39 is 0 Å². The highest BCUT2D eigenvalue weighted by molar-refractivity contribution is 5.77. The Kier molecular flexibility index (Phi) is 3.96. The molecule has 0 aromatic carbocycles. The molecule has 0 unspecified atom stereocenters. The molecule has 0 fully saturated rings. The predicted molar refractivity (Wildman–Crippen MR) is 78.5 cm³/mol. The molecule has 0 bridgehead atoms. The number of hydrogen-bond donors (Lipinski definition) is 0. The first kappa shape index (κ1) is 14.9. The molecule has 1 aliphatic rings. The predicted octanol–water partition coefficient (Wildman–Crippen LogP) is -0.103. The Bertz CT molecular complexity index is 1020. The summed E-state index contributed by atoms with van der Waals surface area (Å²) < 4.78 is 0. The molecular weight excluding hydrogens is 306 g/mol. The highest BCUT2D eigenvalue weighted by atomic mass is 15.1. The fourth-order valence-electron chi connectivity index (χ4n) is 2.03. The smallest absolute Gasteiger partial charge is 0.273 e. The molecule has 0 atom stereocenters. The summed E-state index contributed by atoms with van der Waals surface area (Å²) in [5.41, 5.74) is 1.47. The summed E-state index contributed by atoms with van der Waals surface area (Å²) >= 11 is 0. The van der Waals surface area contributed by atoms with Crippen LogP contribution in [0.25, 0.3) is 10.4 Å². The fourth-order valence-corrected chi connectivity index (χ4v) is 2.03. The molecule has 0 radical (unpaired) electrons. The van der Waals surface area contributed by atoms with Crippen molar-refractivity contribution in [3.63, 3.8) is 0 Å². The first-order chi connectivity index (χ1) is 11.7. The Morgan fingerprint density at radius 3 is 2.42 bits per heavy atom. The lowest BCUT2D eigenvalue weighted by atomic mass is 10.1. The average Bonchev–Trinajstić information content (AvgIpc) is 2.99. The Morgan fingerprint density at radius 1 is 1.12 bits per heavy atom. The van der Waals surface area contributed by atoms with Crippen LogP contribution in [0.3, 0.4) is 0 Å². The van der Waals surface area contributed by atoms with Crippen LogP contribution in [0.4, 0.5) is 0 Å². The van der Waals surface area contributed by atoms with Crippen molar-refractivity contribution < 1.29 is 0 Å². The van der Waals surface area contributed by atoms with Gasteiger partial charge in [0.25, 0.3) is 6.54 Å². The van der Waals surface area contributed by atoms with Gasteiger partial charge in [0, 0.05) is 12.4 Å². The van der Waals surface area contributed by atoms with Crippen molar-refractivity contribution >= 4 is 5.57 Å². The molecule has 0 N–H and O–H groups in total. The largest absolute Gasteiger partial charge is 0.308 e. The van der Waals surface area contributed by atoms with Crippen molar-refractivity contribution in [2.24, 2.45) is 9.98 Å². The van der Waals surface area contributed by atoms with Crippen molar-refractivity contribution in [1.82, 2.24) is 19.9 Å². The van der Waals surface area contributed by atoms with E-state index in [1.165, 1.54) is 18.5 Å². The molecule has 0 amide bonds.